The average Bonchev–Trinajstić information content (AvgIpc) is 4.00. The maximum Gasteiger partial charge on any atom is 0.401 e. The molecule has 1 aliphatic carbocycles. The third kappa shape index (κ3) is 11.3. The molecule has 4 N–H and O–H groups in total. The lowest BCUT2D eigenvalue weighted by Crippen LogP contribution is -2.58. The standard InChI is InChI=1S/C50H61F5N6O6S/c1-29-20-36-35-12-8-9-13-37(35)58-42(36)45(61(29)27-50(53,54)55)49(6)39(51)22-34(23-40(49)52)67-19-11-7-10-18-66-26-41(63)59-44(48(3,4)5)47(65)60-25-33(62)21-38(60)46(64)56-24-31-14-16-32(17-15-31)43-30(2)57-28-68-43/h8-9,12-17,22-23,28-29,33,38-39,44-45,58,62H,7,10-11,18-21,24-27H2,1-6H3,(H,56,64)(H,59,63)/t29-,33-,38+,39?,44-,45+,49?/m1/s1. The van der Waals surface area contributed by atoms with Crippen LogP contribution in [0.4, 0.5) is 22.0 Å². The predicted octanol–water partition coefficient (Wildman–Crippen LogP) is 8.56. The fourth-order valence-electron chi connectivity index (χ4n) is 9.58. The van der Waals surface area contributed by atoms with Gasteiger partial charge in [-0.3, -0.25) is 19.3 Å². The number of ether oxygens (including phenoxy) is 2. The van der Waals surface area contributed by atoms with Crippen molar-refractivity contribution >= 4 is 40.0 Å². The highest BCUT2D eigenvalue weighted by molar-refractivity contribution is 7.13. The van der Waals surface area contributed by atoms with Crippen LogP contribution in [-0.4, -0.2) is 112 Å². The lowest BCUT2D eigenvalue weighted by atomic mass is 9.69. The highest BCUT2D eigenvalue weighted by Crippen LogP contribution is 2.55. The van der Waals surface area contributed by atoms with E-state index in [1.165, 1.54) is 11.8 Å². The summed E-state index contributed by atoms with van der Waals surface area (Å²) < 4.78 is 86.0. The Hall–Kier alpha value is -5.17. The number of carbonyl (C=O) groups excluding carboxylic acids is 3. The fourth-order valence-corrected chi connectivity index (χ4v) is 10.4. The number of aryl methyl sites for hydroxylation is 1. The summed E-state index contributed by atoms with van der Waals surface area (Å²) >= 11 is 1.55. The van der Waals surface area contributed by atoms with Crippen molar-refractivity contribution in [1.82, 2.24) is 30.4 Å². The quantitative estimate of drug-likeness (QED) is 0.0608. The Bertz CT molecular complexity index is 2500. The molecular formula is C50H61F5N6O6S. The maximum absolute atomic E-state index is 16.4. The van der Waals surface area contributed by atoms with Gasteiger partial charge in [0.15, 0.2) is 0 Å². The number of benzene rings is 2. The van der Waals surface area contributed by atoms with Crippen LogP contribution in [0.2, 0.25) is 0 Å². The molecule has 18 heteroatoms. The summed E-state index contributed by atoms with van der Waals surface area (Å²) in [5.74, 6) is -2.40. The second-order valence-corrected chi connectivity index (χ2v) is 20.3. The molecule has 4 heterocycles. The Kier molecular flexibility index (Phi) is 15.5. The van der Waals surface area contributed by atoms with E-state index in [0.717, 1.165) is 49.7 Å². The van der Waals surface area contributed by atoms with Crippen LogP contribution in [0.3, 0.4) is 0 Å². The van der Waals surface area contributed by atoms with Gasteiger partial charge < -0.3 is 35.1 Å². The molecule has 4 aromatic rings. The first-order chi connectivity index (χ1) is 32.1. The molecule has 2 aliphatic heterocycles. The Morgan fingerprint density at radius 1 is 1.06 bits per heavy atom. The predicted molar refractivity (Wildman–Crippen MR) is 250 cm³/mol. The SMILES string of the molecule is Cc1ncsc1-c1ccc(CNC(=O)[C@@H]2C[C@@H](O)CN2C(=O)[C@@H](NC(=O)COCCCCCOC2=CC(F)C(C)([C@@H]3c4[nH]c5ccccc5c4C[C@@H](C)N3CC(F)(F)F)C(F)=C2)C(C)(C)C)cc1. The molecular weight excluding hydrogens is 908 g/mol. The number of H-pyrrole nitrogens is 1. The van der Waals surface area contributed by atoms with Gasteiger partial charge in [0, 0.05) is 54.8 Å². The second-order valence-electron chi connectivity index (χ2n) is 19.5. The highest BCUT2D eigenvalue weighted by atomic mass is 32.1. The normalized spacial score (nSPS) is 23.8. The van der Waals surface area contributed by atoms with Crippen molar-refractivity contribution in [3.8, 4) is 10.4 Å². The second kappa shape index (κ2) is 20.8. The number of aromatic amines is 1. The molecule has 3 amide bonds. The number of likely N-dealkylation sites (tertiary alicyclic amines) is 1. The van der Waals surface area contributed by atoms with E-state index < -0.39 is 83.5 Å². The van der Waals surface area contributed by atoms with Crippen LogP contribution in [0, 0.1) is 17.8 Å². The zero-order valence-electron chi connectivity index (χ0n) is 39.2. The third-order valence-electron chi connectivity index (χ3n) is 13.3. The van der Waals surface area contributed by atoms with Gasteiger partial charge in [-0.1, -0.05) is 63.2 Å². The minimum atomic E-state index is -4.60. The minimum absolute atomic E-state index is 0.0500. The summed E-state index contributed by atoms with van der Waals surface area (Å²) in [5, 5.41) is 17.0. The lowest BCUT2D eigenvalue weighted by Gasteiger charge is -2.50. The molecule has 1 fully saturated rings. The number of carbonyl (C=O) groups is 3. The van der Waals surface area contributed by atoms with Crippen LogP contribution in [0.15, 0.2) is 77.8 Å². The fraction of sp³-hybridized carbons (Fsp3) is 0.520. The third-order valence-corrected chi connectivity index (χ3v) is 14.2. The average molecular weight is 969 g/mol. The molecule has 2 unspecified atom stereocenters. The van der Waals surface area contributed by atoms with E-state index in [1.54, 1.807) is 56.7 Å². The number of aromatic nitrogens is 2. The maximum atomic E-state index is 16.4. The number of allylic oxidation sites excluding steroid dienone is 2. The monoisotopic (exact) mass is 968 g/mol. The number of halogens is 5. The first-order valence-corrected chi connectivity index (χ1v) is 23.9. The van der Waals surface area contributed by atoms with Crippen LogP contribution in [-0.2, 0) is 36.8 Å². The van der Waals surface area contributed by atoms with Gasteiger partial charge in [0.1, 0.15) is 36.4 Å². The topological polar surface area (TPSA) is 149 Å². The summed E-state index contributed by atoms with van der Waals surface area (Å²) in [4.78, 5) is 51.6. The van der Waals surface area contributed by atoms with E-state index in [4.69, 9.17) is 9.47 Å². The number of nitrogens with one attached hydrogen (secondary N) is 3. The van der Waals surface area contributed by atoms with Gasteiger partial charge in [0.2, 0.25) is 17.7 Å². The van der Waals surface area contributed by atoms with Crippen molar-refractivity contribution < 1.29 is 50.9 Å². The Balaban J connectivity index is 0.860. The first-order valence-electron chi connectivity index (χ1n) is 23.1. The molecule has 3 aliphatic rings. The van der Waals surface area contributed by atoms with Crippen LogP contribution in [0.25, 0.3) is 21.3 Å². The molecule has 0 radical (unpaired) electrons. The van der Waals surface area contributed by atoms with Gasteiger partial charge in [-0.15, -0.1) is 11.3 Å². The number of aliphatic hydroxyl groups is 1. The van der Waals surface area contributed by atoms with Gasteiger partial charge in [-0.05, 0) is 80.7 Å². The number of unbranched alkanes of at least 4 members (excludes halogenated alkanes) is 2. The summed E-state index contributed by atoms with van der Waals surface area (Å²) in [7, 11) is 0. The van der Waals surface area contributed by atoms with Gasteiger partial charge >= 0.3 is 6.18 Å². The van der Waals surface area contributed by atoms with E-state index in [2.05, 4.69) is 20.6 Å². The van der Waals surface area contributed by atoms with Crippen molar-refractivity contribution in [2.75, 3.05) is 32.9 Å². The van der Waals surface area contributed by atoms with Crippen molar-refractivity contribution in [3.05, 3.63) is 100 Å². The molecule has 0 saturated carbocycles. The van der Waals surface area contributed by atoms with Crippen molar-refractivity contribution in [1.29, 1.82) is 0 Å². The molecule has 68 heavy (non-hydrogen) atoms. The molecule has 7 atom stereocenters. The molecule has 2 aromatic carbocycles. The summed E-state index contributed by atoms with van der Waals surface area (Å²) in [6.45, 7) is 9.09. The van der Waals surface area contributed by atoms with E-state index in [-0.39, 0.29) is 51.5 Å². The molecule has 1 saturated heterocycles. The van der Waals surface area contributed by atoms with E-state index in [0.29, 0.717) is 30.5 Å². The lowest BCUT2D eigenvalue weighted by molar-refractivity contribution is -0.166. The number of alkyl halides is 4. The largest absolute Gasteiger partial charge is 0.494 e. The van der Waals surface area contributed by atoms with Crippen molar-refractivity contribution in [2.45, 2.75) is 123 Å². The number of β-amino-alcohol motifs (C(OH)–C–C–N with tert-alkyl or cyclic N) is 1. The number of para-hydroxylation sites is 1. The van der Waals surface area contributed by atoms with Crippen LogP contribution in [0.5, 0.6) is 0 Å². The Labute approximate surface area is 397 Å². The summed E-state index contributed by atoms with van der Waals surface area (Å²) in [6, 6.07) is 11.1. The van der Waals surface area contributed by atoms with Crippen LogP contribution < -0.4 is 10.6 Å². The van der Waals surface area contributed by atoms with Crippen LogP contribution in [0.1, 0.15) is 88.9 Å². The number of amides is 3. The first kappa shape index (κ1) is 50.7. The number of aliphatic hydroxyl groups excluding tert-OH is 1. The van der Waals surface area contributed by atoms with E-state index >= 15 is 8.78 Å². The smallest absolute Gasteiger partial charge is 0.401 e. The Morgan fingerprint density at radius 3 is 2.46 bits per heavy atom. The zero-order valence-corrected chi connectivity index (χ0v) is 40.0. The molecule has 0 bridgehead atoms. The molecule has 2 aromatic heterocycles. The van der Waals surface area contributed by atoms with Gasteiger partial charge in [-0.2, -0.15) is 13.2 Å². The number of rotatable bonds is 17. The number of hydrogen-bond donors (Lipinski definition) is 4. The van der Waals surface area contributed by atoms with E-state index in [1.807, 2.05) is 43.3 Å². The van der Waals surface area contributed by atoms with Crippen molar-refractivity contribution in [3.63, 3.8) is 0 Å². The van der Waals surface area contributed by atoms with Gasteiger partial charge in [0.25, 0.3) is 0 Å². The van der Waals surface area contributed by atoms with Crippen LogP contribution >= 0.6 is 11.3 Å². The van der Waals surface area contributed by atoms with Crippen molar-refractivity contribution in [2.24, 2.45) is 10.8 Å². The molecule has 0 spiro atoms. The summed E-state index contributed by atoms with van der Waals surface area (Å²) in [6.07, 6.45) is -3.42. The Morgan fingerprint density at radius 2 is 1.78 bits per heavy atom. The van der Waals surface area contributed by atoms with E-state index in [9.17, 15) is 32.7 Å². The number of nitrogens with zero attached hydrogens (tertiary/aromatic N) is 3. The summed E-state index contributed by atoms with van der Waals surface area (Å²) in [5.41, 5.74) is 3.69. The minimum Gasteiger partial charge on any atom is -0.494 e. The molecule has 7 rings (SSSR count). The zero-order chi connectivity index (χ0) is 49.1. The van der Waals surface area contributed by atoms with Gasteiger partial charge in [0.05, 0.1) is 46.8 Å². The number of fused-ring (bicyclic) bond motifs is 3. The molecule has 368 valence electrons. The van der Waals surface area contributed by atoms with Gasteiger partial charge in [-0.25, -0.2) is 13.8 Å². The molecule has 12 nitrogen and oxygen atoms in total. The number of hydrogen-bond acceptors (Lipinski definition) is 9. The number of thiazole rings is 1. The highest BCUT2D eigenvalue weighted by Gasteiger charge is 2.55.